The molecule has 4 amide bonds. The molecule has 9 nitrogen and oxygen atoms in total. The van der Waals surface area contributed by atoms with Gasteiger partial charge in [-0.05, 0) is 74.2 Å². The number of hydrogen-bond donors (Lipinski definition) is 3. The third-order valence-corrected chi connectivity index (χ3v) is 8.80. The average molecular weight is 556 g/mol. The first-order chi connectivity index (χ1) is 19.4. The number of carbonyl (C=O) groups is 3. The molecule has 3 aliphatic rings. The number of aromatic nitrogens is 1. The van der Waals surface area contributed by atoms with Crippen molar-refractivity contribution in [2.75, 3.05) is 4.90 Å². The second-order valence-corrected chi connectivity index (χ2v) is 11.2. The SMILES string of the molecule is C=CC(=O)N[C@H]1CCC[C@@H]1NC(=O)C1Sc2nccc3c2C1NC(=O)N3c1ccc(Oc2ccccc2)cc1C. The van der Waals surface area contributed by atoms with Crippen LogP contribution in [0.3, 0.4) is 0 Å². The number of para-hydroxylation sites is 1. The van der Waals surface area contributed by atoms with E-state index in [1.165, 1.54) is 17.8 Å². The van der Waals surface area contributed by atoms with Gasteiger partial charge in [-0.3, -0.25) is 14.5 Å². The van der Waals surface area contributed by atoms with Crippen molar-refractivity contribution in [1.29, 1.82) is 0 Å². The third-order valence-electron chi connectivity index (χ3n) is 7.51. The Morgan fingerprint density at radius 3 is 2.60 bits per heavy atom. The lowest BCUT2D eigenvalue weighted by Gasteiger charge is -2.35. The van der Waals surface area contributed by atoms with E-state index in [1.54, 1.807) is 11.1 Å². The fraction of sp³-hybridized carbons (Fsp3) is 0.267. The zero-order valence-corrected chi connectivity index (χ0v) is 22.7. The smallest absolute Gasteiger partial charge is 0.327 e. The van der Waals surface area contributed by atoms with Crippen LogP contribution in [0, 0.1) is 6.92 Å². The zero-order valence-electron chi connectivity index (χ0n) is 21.9. The van der Waals surface area contributed by atoms with Crippen LogP contribution in [0.25, 0.3) is 0 Å². The Morgan fingerprint density at radius 2 is 1.85 bits per heavy atom. The summed E-state index contributed by atoms with van der Waals surface area (Å²) in [4.78, 5) is 45.1. The highest BCUT2D eigenvalue weighted by Crippen LogP contribution is 2.51. The van der Waals surface area contributed by atoms with Gasteiger partial charge in [0.05, 0.1) is 17.4 Å². The van der Waals surface area contributed by atoms with Gasteiger partial charge < -0.3 is 20.7 Å². The fourth-order valence-electron chi connectivity index (χ4n) is 5.64. The molecular weight excluding hydrogens is 526 g/mol. The number of aryl methyl sites for hydroxylation is 1. The van der Waals surface area contributed by atoms with E-state index in [0.717, 1.165) is 46.9 Å². The van der Waals surface area contributed by atoms with Crippen molar-refractivity contribution in [3.63, 3.8) is 0 Å². The maximum atomic E-state index is 13.6. The highest BCUT2D eigenvalue weighted by molar-refractivity contribution is 8.01. The minimum atomic E-state index is -0.575. The van der Waals surface area contributed by atoms with Crippen LogP contribution in [0.2, 0.25) is 0 Å². The van der Waals surface area contributed by atoms with Gasteiger partial charge >= 0.3 is 6.03 Å². The molecule has 3 N–H and O–H groups in total. The number of urea groups is 1. The van der Waals surface area contributed by atoms with Gasteiger partial charge in [0.15, 0.2) is 0 Å². The fourth-order valence-corrected chi connectivity index (χ4v) is 6.88. The molecule has 0 radical (unpaired) electrons. The summed E-state index contributed by atoms with van der Waals surface area (Å²) in [6.07, 6.45) is 5.38. The van der Waals surface area contributed by atoms with Gasteiger partial charge in [-0.2, -0.15) is 0 Å². The first kappa shape index (κ1) is 25.9. The van der Waals surface area contributed by atoms with Gasteiger partial charge in [0.1, 0.15) is 21.8 Å². The number of nitrogens with zero attached hydrogens (tertiary/aromatic N) is 2. The van der Waals surface area contributed by atoms with E-state index >= 15 is 0 Å². The number of rotatable bonds is 7. The van der Waals surface area contributed by atoms with E-state index < -0.39 is 11.3 Å². The van der Waals surface area contributed by atoms with E-state index in [1.807, 2.05) is 61.5 Å². The third kappa shape index (κ3) is 4.79. The summed E-state index contributed by atoms with van der Waals surface area (Å²) in [6, 6.07) is 15.8. The maximum absolute atomic E-state index is 13.6. The van der Waals surface area contributed by atoms with Crippen molar-refractivity contribution in [3.05, 3.63) is 84.6 Å². The normalized spacial score (nSPS) is 22.7. The predicted octanol–water partition coefficient (Wildman–Crippen LogP) is 4.90. The Bertz CT molecular complexity index is 1500. The van der Waals surface area contributed by atoms with E-state index in [9.17, 15) is 14.4 Å². The van der Waals surface area contributed by atoms with Gasteiger partial charge in [0.2, 0.25) is 11.8 Å². The van der Waals surface area contributed by atoms with Gasteiger partial charge in [-0.15, -0.1) is 0 Å². The monoisotopic (exact) mass is 555 g/mol. The molecule has 1 saturated carbocycles. The largest absolute Gasteiger partial charge is 0.457 e. The number of anilines is 2. The summed E-state index contributed by atoms with van der Waals surface area (Å²) in [5.41, 5.74) is 3.12. The molecule has 1 aliphatic carbocycles. The molecule has 0 saturated heterocycles. The molecule has 40 heavy (non-hydrogen) atoms. The second-order valence-electron chi connectivity index (χ2n) is 10.1. The summed E-state index contributed by atoms with van der Waals surface area (Å²) >= 11 is 1.35. The molecule has 0 spiro atoms. The molecule has 10 heteroatoms. The highest BCUT2D eigenvalue weighted by atomic mass is 32.2. The Morgan fingerprint density at radius 1 is 1.07 bits per heavy atom. The van der Waals surface area contributed by atoms with Crippen molar-refractivity contribution in [2.45, 2.75) is 54.6 Å². The summed E-state index contributed by atoms with van der Waals surface area (Å²) < 4.78 is 5.97. The molecule has 6 rings (SSSR count). The minimum absolute atomic E-state index is 0.148. The van der Waals surface area contributed by atoms with Crippen molar-refractivity contribution >= 4 is 41.0 Å². The Hall–Kier alpha value is -4.31. The first-order valence-electron chi connectivity index (χ1n) is 13.3. The van der Waals surface area contributed by atoms with E-state index in [0.29, 0.717) is 11.4 Å². The summed E-state index contributed by atoms with van der Waals surface area (Å²) in [5.74, 6) is 0.964. The highest BCUT2D eigenvalue weighted by Gasteiger charge is 2.47. The van der Waals surface area contributed by atoms with Crippen LogP contribution in [-0.2, 0) is 9.59 Å². The average Bonchev–Trinajstić information content (AvgIpc) is 3.55. The molecule has 4 atom stereocenters. The quantitative estimate of drug-likeness (QED) is 0.358. The summed E-state index contributed by atoms with van der Waals surface area (Å²) in [7, 11) is 0. The lowest BCUT2D eigenvalue weighted by molar-refractivity contribution is -0.122. The number of nitrogens with one attached hydrogen (secondary N) is 3. The summed E-state index contributed by atoms with van der Waals surface area (Å²) in [6.45, 7) is 5.44. The van der Waals surface area contributed by atoms with Crippen LogP contribution in [0.1, 0.15) is 36.4 Å². The molecule has 0 bridgehead atoms. The van der Waals surface area contributed by atoms with E-state index in [2.05, 4.69) is 27.5 Å². The van der Waals surface area contributed by atoms with Crippen LogP contribution in [-0.4, -0.2) is 40.2 Å². The van der Waals surface area contributed by atoms with Crippen LogP contribution in [0.15, 0.2) is 78.5 Å². The van der Waals surface area contributed by atoms with Crippen LogP contribution in [0.4, 0.5) is 16.2 Å². The number of carbonyl (C=O) groups excluding carboxylic acids is 3. The van der Waals surface area contributed by atoms with Crippen LogP contribution in [0.5, 0.6) is 11.5 Å². The Kier molecular flexibility index (Phi) is 6.93. The van der Waals surface area contributed by atoms with Gasteiger partial charge in [0, 0.05) is 23.8 Å². The molecular formula is C30H29N5O4S. The maximum Gasteiger partial charge on any atom is 0.327 e. The van der Waals surface area contributed by atoms with Crippen LogP contribution < -0.4 is 25.6 Å². The molecule has 2 aromatic carbocycles. The number of ether oxygens (including phenoxy) is 1. The van der Waals surface area contributed by atoms with Gasteiger partial charge in [-0.25, -0.2) is 9.78 Å². The number of benzene rings is 2. The Labute approximate surface area is 236 Å². The molecule has 2 unspecified atom stereocenters. The molecule has 2 aliphatic heterocycles. The number of hydrogen-bond acceptors (Lipinski definition) is 6. The Balaban J connectivity index is 1.23. The number of pyridine rings is 1. The van der Waals surface area contributed by atoms with E-state index in [4.69, 9.17) is 4.74 Å². The molecule has 1 fully saturated rings. The lowest BCUT2D eigenvalue weighted by atomic mass is 9.99. The van der Waals surface area contributed by atoms with Crippen LogP contribution >= 0.6 is 11.8 Å². The van der Waals surface area contributed by atoms with Gasteiger partial charge in [0.25, 0.3) is 0 Å². The van der Waals surface area contributed by atoms with Crippen molar-refractivity contribution in [3.8, 4) is 11.5 Å². The zero-order chi connectivity index (χ0) is 27.8. The molecule has 3 heterocycles. The molecule has 1 aromatic heterocycles. The van der Waals surface area contributed by atoms with Crippen molar-refractivity contribution < 1.29 is 19.1 Å². The lowest BCUT2D eigenvalue weighted by Crippen LogP contribution is -2.53. The number of amides is 4. The molecule has 3 aromatic rings. The van der Waals surface area contributed by atoms with E-state index in [-0.39, 0.29) is 29.9 Å². The summed E-state index contributed by atoms with van der Waals surface area (Å²) in [5, 5.41) is 9.24. The van der Waals surface area contributed by atoms with Crippen molar-refractivity contribution in [1.82, 2.24) is 20.9 Å². The standard InChI is InChI=1S/C30H29N5O4S/c1-3-24(36)32-20-10-7-11-21(20)33-28(37)27-26-25-23(14-15-31-29(25)40-27)35(30(38)34-26)22-13-12-19(16-17(22)2)39-18-8-5-4-6-9-18/h3-6,8-9,12-16,20-21,26-27H,1,7,10-11H2,2H3,(H,32,36)(H,33,37)(H,34,38)/t20-,21-,26?,27?/m0/s1. The number of thioether (sulfide) groups is 1. The molecule has 204 valence electrons. The van der Waals surface area contributed by atoms with Crippen molar-refractivity contribution in [2.24, 2.45) is 0 Å². The van der Waals surface area contributed by atoms with Gasteiger partial charge in [-0.1, -0.05) is 36.5 Å². The second kappa shape index (κ2) is 10.7. The topological polar surface area (TPSA) is 113 Å². The minimum Gasteiger partial charge on any atom is -0.457 e. The first-order valence-corrected chi connectivity index (χ1v) is 14.1. The predicted molar refractivity (Wildman–Crippen MR) is 153 cm³/mol.